The van der Waals surface area contributed by atoms with Gasteiger partial charge in [0.05, 0.1) is 11.4 Å². The molecule has 0 aromatic carbocycles. The van der Waals surface area contributed by atoms with Crippen LogP contribution in [0.4, 0.5) is 0 Å². The largest absolute Gasteiger partial charge is 0.338 e. The smallest absolute Gasteiger partial charge is 0.263 e. The van der Waals surface area contributed by atoms with E-state index in [-0.39, 0.29) is 5.91 Å². The normalized spacial score (nSPS) is 18.9. The molecule has 2 aromatic rings. The van der Waals surface area contributed by atoms with E-state index in [1.54, 1.807) is 11.3 Å². The fraction of sp³-hybridized carbons (Fsp3) is 0.562. The van der Waals surface area contributed by atoms with Gasteiger partial charge in [-0.2, -0.15) is 0 Å². The maximum atomic E-state index is 12.5. The van der Waals surface area contributed by atoms with Gasteiger partial charge in [0.2, 0.25) is 0 Å². The van der Waals surface area contributed by atoms with Crippen molar-refractivity contribution in [3.63, 3.8) is 0 Å². The van der Waals surface area contributed by atoms with Crippen LogP contribution in [0.5, 0.6) is 0 Å². The lowest BCUT2D eigenvalue weighted by Gasteiger charge is -2.31. The molecule has 4 rings (SSSR count). The Morgan fingerprint density at radius 1 is 1.26 bits per heavy atom. The molecule has 0 atom stereocenters. The fourth-order valence-electron chi connectivity index (χ4n) is 3.46. The Labute approximate surface area is 139 Å². The quantitative estimate of drug-likeness (QED) is 0.911. The number of thiophene rings is 1. The molecule has 1 N–H and O–H groups in total. The van der Waals surface area contributed by atoms with Gasteiger partial charge in [-0.1, -0.05) is 0 Å². The van der Waals surface area contributed by atoms with E-state index in [0.29, 0.717) is 5.92 Å². The zero-order chi connectivity index (χ0) is 15.8. The van der Waals surface area contributed by atoms with E-state index in [9.17, 15) is 4.79 Å². The highest BCUT2D eigenvalue weighted by atomic mass is 32.1. The SMILES string of the molecule is Cc1ccc(C(=O)N2CCC(c3nnc4n3CCNC4)CC2)s1. The monoisotopic (exact) mass is 331 g/mol. The lowest BCUT2D eigenvalue weighted by Crippen LogP contribution is -2.38. The number of rotatable bonds is 2. The molecule has 1 fully saturated rings. The minimum Gasteiger partial charge on any atom is -0.338 e. The summed E-state index contributed by atoms with van der Waals surface area (Å²) in [6.45, 7) is 6.39. The predicted octanol–water partition coefficient (Wildman–Crippen LogP) is 1.77. The highest BCUT2D eigenvalue weighted by Gasteiger charge is 2.29. The van der Waals surface area contributed by atoms with E-state index in [4.69, 9.17) is 0 Å². The van der Waals surface area contributed by atoms with Gasteiger partial charge in [0.15, 0.2) is 0 Å². The van der Waals surface area contributed by atoms with Gasteiger partial charge in [0, 0.05) is 37.0 Å². The average molecular weight is 331 g/mol. The molecule has 0 bridgehead atoms. The molecule has 7 heteroatoms. The maximum absolute atomic E-state index is 12.5. The summed E-state index contributed by atoms with van der Waals surface area (Å²) in [5.74, 6) is 2.75. The molecule has 0 unspecified atom stereocenters. The number of piperidine rings is 1. The Morgan fingerprint density at radius 3 is 2.83 bits per heavy atom. The Hall–Kier alpha value is -1.73. The highest BCUT2D eigenvalue weighted by molar-refractivity contribution is 7.13. The van der Waals surface area contributed by atoms with E-state index in [1.807, 2.05) is 24.0 Å². The predicted molar refractivity (Wildman–Crippen MR) is 88.7 cm³/mol. The third-order valence-corrected chi connectivity index (χ3v) is 5.74. The molecule has 2 aliphatic heterocycles. The molecule has 0 saturated carbocycles. The first-order chi connectivity index (χ1) is 11.2. The fourth-order valence-corrected chi connectivity index (χ4v) is 4.30. The third-order valence-electron chi connectivity index (χ3n) is 4.75. The van der Waals surface area contributed by atoms with E-state index in [2.05, 4.69) is 20.1 Å². The van der Waals surface area contributed by atoms with Crippen molar-refractivity contribution in [2.45, 2.75) is 38.8 Å². The van der Waals surface area contributed by atoms with Crippen LogP contribution in [-0.2, 0) is 13.1 Å². The lowest BCUT2D eigenvalue weighted by atomic mass is 9.95. The third kappa shape index (κ3) is 2.79. The van der Waals surface area contributed by atoms with Crippen molar-refractivity contribution in [2.24, 2.45) is 0 Å². The van der Waals surface area contributed by atoms with Gasteiger partial charge >= 0.3 is 0 Å². The van der Waals surface area contributed by atoms with Gasteiger partial charge < -0.3 is 14.8 Å². The van der Waals surface area contributed by atoms with Crippen molar-refractivity contribution in [2.75, 3.05) is 19.6 Å². The van der Waals surface area contributed by atoms with E-state index < -0.39 is 0 Å². The Kier molecular flexibility index (Phi) is 3.90. The minimum absolute atomic E-state index is 0.175. The number of nitrogens with zero attached hydrogens (tertiary/aromatic N) is 4. The molecule has 6 nitrogen and oxygen atoms in total. The molecule has 2 aromatic heterocycles. The Morgan fingerprint density at radius 2 is 2.09 bits per heavy atom. The van der Waals surface area contributed by atoms with Crippen LogP contribution in [0.25, 0.3) is 0 Å². The molecule has 0 aliphatic carbocycles. The van der Waals surface area contributed by atoms with Crippen molar-refractivity contribution in [3.05, 3.63) is 33.5 Å². The summed E-state index contributed by atoms with van der Waals surface area (Å²) in [5.41, 5.74) is 0. The van der Waals surface area contributed by atoms with Gasteiger partial charge in [-0.15, -0.1) is 21.5 Å². The summed E-state index contributed by atoms with van der Waals surface area (Å²) in [6.07, 6.45) is 1.95. The van der Waals surface area contributed by atoms with Gasteiger partial charge in [0.25, 0.3) is 5.91 Å². The number of fused-ring (bicyclic) bond motifs is 1. The van der Waals surface area contributed by atoms with Crippen LogP contribution >= 0.6 is 11.3 Å². The van der Waals surface area contributed by atoms with Crippen LogP contribution in [0.15, 0.2) is 12.1 Å². The second kappa shape index (κ2) is 6.05. The number of hydrogen-bond donors (Lipinski definition) is 1. The van der Waals surface area contributed by atoms with Gasteiger partial charge in [-0.25, -0.2) is 0 Å². The summed E-state index contributed by atoms with van der Waals surface area (Å²) in [6, 6.07) is 3.96. The topological polar surface area (TPSA) is 63.1 Å². The molecule has 1 saturated heterocycles. The summed E-state index contributed by atoms with van der Waals surface area (Å²) >= 11 is 1.58. The van der Waals surface area contributed by atoms with Gasteiger partial charge in [-0.3, -0.25) is 4.79 Å². The van der Waals surface area contributed by atoms with Crippen molar-refractivity contribution < 1.29 is 4.79 Å². The van der Waals surface area contributed by atoms with Gasteiger partial charge in [-0.05, 0) is 31.9 Å². The summed E-state index contributed by atoms with van der Waals surface area (Å²) in [5, 5.41) is 12.1. The molecular formula is C16H21N5OS. The molecule has 122 valence electrons. The van der Waals surface area contributed by atoms with Gasteiger partial charge in [0.1, 0.15) is 11.6 Å². The number of nitrogens with one attached hydrogen (secondary N) is 1. The number of aryl methyl sites for hydroxylation is 1. The average Bonchev–Trinajstić information content (AvgIpc) is 3.21. The van der Waals surface area contributed by atoms with Crippen LogP contribution in [0.2, 0.25) is 0 Å². The number of carbonyl (C=O) groups excluding carboxylic acids is 1. The van der Waals surface area contributed by atoms with E-state index >= 15 is 0 Å². The molecule has 4 heterocycles. The minimum atomic E-state index is 0.175. The summed E-state index contributed by atoms with van der Waals surface area (Å²) in [7, 11) is 0. The van der Waals surface area contributed by atoms with Crippen LogP contribution in [0, 0.1) is 6.92 Å². The molecule has 0 radical (unpaired) electrons. The summed E-state index contributed by atoms with van der Waals surface area (Å²) < 4.78 is 2.27. The first kappa shape index (κ1) is 14.8. The second-order valence-electron chi connectivity index (χ2n) is 6.28. The number of amides is 1. The summed E-state index contributed by atoms with van der Waals surface area (Å²) in [4.78, 5) is 16.6. The van der Waals surface area contributed by atoms with E-state index in [0.717, 1.165) is 62.1 Å². The number of carbonyl (C=O) groups is 1. The van der Waals surface area contributed by atoms with Crippen LogP contribution in [0.3, 0.4) is 0 Å². The maximum Gasteiger partial charge on any atom is 0.263 e. The van der Waals surface area contributed by atoms with Crippen molar-refractivity contribution in [3.8, 4) is 0 Å². The lowest BCUT2D eigenvalue weighted by molar-refractivity contribution is 0.0715. The first-order valence-corrected chi connectivity index (χ1v) is 9.02. The standard InChI is InChI=1S/C16H21N5OS/c1-11-2-3-13(23-11)16(22)20-7-4-12(5-8-20)15-19-18-14-10-17-6-9-21(14)15/h2-3,12,17H,4-10H2,1H3. The molecular weight excluding hydrogens is 310 g/mol. The number of aromatic nitrogens is 3. The molecule has 2 aliphatic rings. The molecule has 1 amide bonds. The zero-order valence-electron chi connectivity index (χ0n) is 13.3. The molecule has 23 heavy (non-hydrogen) atoms. The van der Waals surface area contributed by atoms with Crippen LogP contribution < -0.4 is 5.32 Å². The van der Waals surface area contributed by atoms with E-state index in [1.165, 1.54) is 4.88 Å². The van der Waals surface area contributed by atoms with Crippen molar-refractivity contribution in [1.29, 1.82) is 0 Å². The number of hydrogen-bond acceptors (Lipinski definition) is 5. The Balaban J connectivity index is 1.43. The van der Waals surface area contributed by atoms with Crippen molar-refractivity contribution in [1.82, 2.24) is 25.0 Å². The second-order valence-corrected chi connectivity index (χ2v) is 7.57. The van der Waals surface area contributed by atoms with Crippen LogP contribution in [0.1, 0.15) is 45.0 Å². The van der Waals surface area contributed by atoms with Crippen LogP contribution in [-0.4, -0.2) is 45.2 Å². The molecule has 0 spiro atoms. The van der Waals surface area contributed by atoms with Crippen molar-refractivity contribution >= 4 is 17.2 Å². The number of likely N-dealkylation sites (tertiary alicyclic amines) is 1. The Bertz CT molecular complexity index is 714. The highest BCUT2D eigenvalue weighted by Crippen LogP contribution is 2.29. The first-order valence-electron chi connectivity index (χ1n) is 8.21. The zero-order valence-corrected chi connectivity index (χ0v) is 14.1.